The van der Waals surface area contributed by atoms with E-state index in [0.29, 0.717) is 12.2 Å². The number of ether oxygens (including phenoxy) is 1. The van der Waals surface area contributed by atoms with Crippen molar-refractivity contribution in [2.24, 2.45) is 0 Å². The van der Waals surface area contributed by atoms with Gasteiger partial charge >= 0.3 is 5.97 Å². The average molecular weight is 337 g/mol. The molecule has 0 atom stereocenters. The summed E-state index contributed by atoms with van der Waals surface area (Å²) in [7, 11) is 0. The number of nitrogens with zero attached hydrogens (tertiary/aromatic N) is 1. The van der Waals surface area contributed by atoms with E-state index in [4.69, 9.17) is 10.5 Å². The Bertz CT molecular complexity index is 668. The first-order valence-corrected chi connectivity index (χ1v) is 7.30. The third kappa shape index (κ3) is 2.63. The van der Waals surface area contributed by atoms with Gasteiger partial charge in [-0.3, -0.25) is 0 Å². The Balaban J connectivity index is 2.82. The Morgan fingerprint density at radius 3 is 2.75 bits per heavy atom. The molecular formula is C15H17BrN2O2. The molecule has 1 aromatic heterocycles. The van der Waals surface area contributed by atoms with Crippen LogP contribution in [-0.4, -0.2) is 17.6 Å². The number of halogens is 1. The molecular weight excluding hydrogens is 320 g/mol. The van der Waals surface area contributed by atoms with E-state index < -0.39 is 5.97 Å². The van der Waals surface area contributed by atoms with Crippen LogP contribution in [0.4, 0.5) is 5.82 Å². The van der Waals surface area contributed by atoms with Gasteiger partial charge in [-0.1, -0.05) is 29.8 Å². The van der Waals surface area contributed by atoms with E-state index in [-0.39, 0.29) is 11.7 Å². The first kappa shape index (κ1) is 14.8. The second-order valence-corrected chi connectivity index (χ2v) is 5.74. The highest BCUT2D eigenvalue weighted by Gasteiger charge is 2.22. The first-order valence-electron chi connectivity index (χ1n) is 6.51. The Kier molecular flexibility index (Phi) is 4.28. The van der Waals surface area contributed by atoms with Crippen LogP contribution < -0.4 is 5.73 Å². The van der Waals surface area contributed by atoms with E-state index in [1.165, 1.54) is 0 Å². The molecule has 1 aromatic carbocycles. The van der Waals surface area contributed by atoms with Crippen molar-refractivity contribution >= 4 is 38.6 Å². The molecule has 0 spiro atoms. The fraction of sp³-hybridized carbons (Fsp3) is 0.333. The molecule has 1 heterocycles. The number of benzene rings is 1. The number of carbonyl (C=O) groups is 1. The number of esters is 1. The highest BCUT2D eigenvalue weighted by molar-refractivity contribution is 9.10. The molecule has 0 aliphatic heterocycles. The molecule has 4 nitrogen and oxygen atoms in total. The molecule has 0 aliphatic carbocycles. The molecule has 0 radical (unpaired) electrons. The van der Waals surface area contributed by atoms with Gasteiger partial charge in [0.05, 0.1) is 12.1 Å². The van der Waals surface area contributed by atoms with Crippen molar-refractivity contribution in [2.45, 2.75) is 26.7 Å². The number of rotatable bonds is 3. The molecule has 106 valence electrons. The SMILES string of the molecule is CCOC(=O)c1c(N)nc2ccc(Br)cc2c1C(C)C. The van der Waals surface area contributed by atoms with Crippen LogP contribution in [0.25, 0.3) is 10.9 Å². The highest BCUT2D eigenvalue weighted by Crippen LogP contribution is 2.33. The number of nitrogen functional groups attached to an aromatic ring is 1. The monoisotopic (exact) mass is 336 g/mol. The van der Waals surface area contributed by atoms with Crippen molar-refractivity contribution in [1.82, 2.24) is 4.98 Å². The van der Waals surface area contributed by atoms with E-state index in [2.05, 4.69) is 20.9 Å². The number of anilines is 1. The number of carbonyl (C=O) groups excluding carboxylic acids is 1. The zero-order chi connectivity index (χ0) is 14.9. The van der Waals surface area contributed by atoms with E-state index in [0.717, 1.165) is 20.9 Å². The minimum Gasteiger partial charge on any atom is -0.462 e. The van der Waals surface area contributed by atoms with Crippen molar-refractivity contribution in [2.75, 3.05) is 12.3 Å². The van der Waals surface area contributed by atoms with Crippen molar-refractivity contribution < 1.29 is 9.53 Å². The van der Waals surface area contributed by atoms with Crippen molar-refractivity contribution in [3.8, 4) is 0 Å². The Morgan fingerprint density at radius 1 is 1.45 bits per heavy atom. The maximum Gasteiger partial charge on any atom is 0.342 e. The smallest absolute Gasteiger partial charge is 0.342 e. The maximum atomic E-state index is 12.2. The fourth-order valence-electron chi connectivity index (χ4n) is 2.30. The van der Waals surface area contributed by atoms with E-state index in [1.807, 2.05) is 32.0 Å². The van der Waals surface area contributed by atoms with Gasteiger partial charge in [-0.15, -0.1) is 0 Å². The molecule has 0 saturated heterocycles. The van der Waals surface area contributed by atoms with Crippen LogP contribution >= 0.6 is 15.9 Å². The Labute approximate surface area is 126 Å². The summed E-state index contributed by atoms with van der Waals surface area (Å²) in [6.07, 6.45) is 0. The van der Waals surface area contributed by atoms with E-state index in [9.17, 15) is 4.79 Å². The minimum atomic E-state index is -0.414. The van der Waals surface area contributed by atoms with Gasteiger partial charge in [0.15, 0.2) is 0 Å². The summed E-state index contributed by atoms with van der Waals surface area (Å²) < 4.78 is 6.05. The summed E-state index contributed by atoms with van der Waals surface area (Å²) in [5, 5.41) is 0.923. The predicted molar refractivity (Wildman–Crippen MR) is 83.9 cm³/mol. The standard InChI is InChI=1S/C15H17BrN2O2/c1-4-20-15(19)13-12(8(2)3)10-7-9(16)5-6-11(10)18-14(13)17/h5-8H,4H2,1-3H3,(H2,17,18). The van der Waals surface area contributed by atoms with Crippen LogP contribution in [0, 0.1) is 0 Å². The Morgan fingerprint density at radius 2 is 2.15 bits per heavy atom. The molecule has 0 bridgehead atoms. The largest absolute Gasteiger partial charge is 0.462 e. The molecule has 0 unspecified atom stereocenters. The van der Waals surface area contributed by atoms with Gasteiger partial charge in [0.25, 0.3) is 0 Å². The molecule has 2 N–H and O–H groups in total. The molecule has 0 saturated carbocycles. The number of fused-ring (bicyclic) bond motifs is 1. The topological polar surface area (TPSA) is 65.2 Å². The zero-order valence-electron chi connectivity index (χ0n) is 11.7. The van der Waals surface area contributed by atoms with Gasteiger partial charge in [-0.05, 0) is 36.6 Å². The summed E-state index contributed by atoms with van der Waals surface area (Å²) >= 11 is 3.45. The lowest BCUT2D eigenvalue weighted by atomic mass is 9.93. The molecule has 0 aliphatic rings. The third-order valence-electron chi connectivity index (χ3n) is 3.07. The van der Waals surface area contributed by atoms with Crippen LogP contribution in [0.15, 0.2) is 22.7 Å². The predicted octanol–water partition coefficient (Wildman–Crippen LogP) is 3.88. The summed E-state index contributed by atoms with van der Waals surface area (Å²) in [4.78, 5) is 16.5. The van der Waals surface area contributed by atoms with E-state index in [1.54, 1.807) is 6.92 Å². The van der Waals surface area contributed by atoms with Crippen molar-refractivity contribution in [3.05, 3.63) is 33.8 Å². The van der Waals surface area contributed by atoms with Crippen LogP contribution in [0.3, 0.4) is 0 Å². The second kappa shape index (κ2) is 5.79. The maximum absolute atomic E-state index is 12.2. The number of aromatic nitrogens is 1. The molecule has 20 heavy (non-hydrogen) atoms. The number of nitrogens with two attached hydrogens (primary N) is 1. The Hall–Kier alpha value is -1.62. The minimum absolute atomic E-state index is 0.136. The molecule has 5 heteroatoms. The highest BCUT2D eigenvalue weighted by atomic mass is 79.9. The summed E-state index contributed by atoms with van der Waals surface area (Å²) in [6.45, 7) is 6.14. The van der Waals surface area contributed by atoms with Crippen molar-refractivity contribution in [1.29, 1.82) is 0 Å². The summed E-state index contributed by atoms with van der Waals surface area (Å²) in [6, 6.07) is 5.75. The lowest BCUT2D eigenvalue weighted by Crippen LogP contribution is -2.14. The van der Waals surface area contributed by atoms with Gasteiger partial charge < -0.3 is 10.5 Å². The summed E-state index contributed by atoms with van der Waals surface area (Å²) in [5.41, 5.74) is 8.01. The quantitative estimate of drug-likeness (QED) is 0.863. The van der Waals surface area contributed by atoms with Crippen LogP contribution in [0.5, 0.6) is 0 Å². The van der Waals surface area contributed by atoms with Gasteiger partial charge in [-0.25, -0.2) is 9.78 Å². The van der Waals surface area contributed by atoms with Gasteiger partial charge in [-0.2, -0.15) is 0 Å². The normalized spacial score (nSPS) is 11.1. The van der Waals surface area contributed by atoms with Gasteiger partial charge in [0, 0.05) is 9.86 Å². The molecule has 2 aromatic rings. The number of hydrogen-bond donors (Lipinski definition) is 1. The van der Waals surface area contributed by atoms with E-state index >= 15 is 0 Å². The van der Waals surface area contributed by atoms with Crippen LogP contribution in [0.1, 0.15) is 42.6 Å². The fourth-order valence-corrected chi connectivity index (χ4v) is 2.66. The summed E-state index contributed by atoms with van der Waals surface area (Å²) in [5.74, 6) is -0.0541. The van der Waals surface area contributed by atoms with Crippen LogP contribution in [-0.2, 0) is 4.74 Å². The lowest BCUT2D eigenvalue weighted by Gasteiger charge is -2.17. The lowest BCUT2D eigenvalue weighted by molar-refractivity contribution is 0.0526. The zero-order valence-corrected chi connectivity index (χ0v) is 13.3. The number of pyridine rings is 1. The second-order valence-electron chi connectivity index (χ2n) is 4.82. The van der Waals surface area contributed by atoms with Crippen molar-refractivity contribution in [3.63, 3.8) is 0 Å². The average Bonchev–Trinajstić information content (AvgIpc) is 2.37. The molecule has 0 amide bonds. The molecule has 2 rings (SSSR count). The van der Waals surface area contributed by atoms with Gasteiger partial charge in [0.2, 0.25) is 0 Å². The van der Waals surface area contributed by atoms with Gasteiger partial charge in [0.1, 0.15) is 11.4 Å². The van der Waals surface area contributed by atoms with Crippen LogP contribution in [0.2, 0.25) is 0 Å². The molecule has 0 fully saturated rings. The number of hydrogen-bond acceptors (Lipinski definition) is 4. The first-order chi connectivity index (χ1) is 9.45. The third-order valence-corrected chi connectivity index (χ3v) is 3.57.